The molecule has 0 aliphatic heterocycles. The van der Waals surface area contributed by atoms with Crippen molar-refractivity contribution < 1.29 is 104 Å². The molecule has 0 atom stereocenters. The summed E-state index contributed by atoms with van der Waals surface area (Å²) < 4.78 is 0. The van der Waals surface area contributed by atoms with Crippen molar-refractivity contribution in [3.8, 4) is 0 Å². The second-order valence-electron chi connectivity index (χ2n) is 14.3. The van der Waals surface area contributed by atoms with Crippen LogP contribution >= 0.6 is 0 Å². The third kappa shape index (κ3) is 18.0. The molecule has 0 saturated heterocycles. The van der Waals surface area contributed by atoms with Crippen molar-refractivity contribution in [2.45, 2.75) is 0 Å². The van der Waals surface area contributed by atoms with E-state index >= 15 is 0 Å². The number of carbonyl (C=O) groups is 8. The van der Waals surface area contributed by atoms with Gasteiger partial charge in [-0.15, -0.1) is 0 Å². The average molecular weight is 1070 g/mol. The molecule has 0 unspecified atom stereocenters. The number of carboxylic acid groups (broad SMARTS) is 4. The van der Waals surface area contributed by atoms with E-state index in [1.54, 1.807) is 121 Å². The molecule has 0 aromatic heterocycles. The van der Waals surface area contributed by atoms with Gasteiger partial charge in [-0.05, 0) is 46.5 Å². The molecule has 0 aliphatic carbocycles. The van der Waals surface area contributed by atoms with Crippen LogP contribution in [-0.4, -0.2) is 47.0 Å². The van der Waals surface area contributed by atoms with Crippen molar-refractivity contribution in [1.82, 2.24) is 0 Å². The second kappa shape index (κ2) is 30.7. The first-order chi connectivity index (χ1) is 32.7. The Morgan fingerprint density at radius 1 is 0.208 bits per heavy atom. The number of hydrogen-bond acceptors (Lipinski definition) is 12. The van der Waals surface area contributed by atoms with Gasteiger partial charge in [0.1, 0.15) is 0 Å². The Morgan fingerprint density at radius 3 is 0.500 bits per heavy atom. The predicted octanol–water partition coefficient (Wildman–Crippen LogP) is 3.28. The molecule has 0 aliphatic rings. The van der Waals surface area contributed by atoms with Crippen LogP contribution in [0.5, 0.6) is 0 Å². The first-order valence-electron chi connectivity index (χ1n) is 20.4. The molecule has 0 saturated carbocycles. The molecule has 0 heterocycles. The van der Waals surface area contributed by atoms with E-state index in [1.807, 2.05) is 24.3 Å². The Bertz CT molecular complexity index is 2670. The summed E-state index contributed by atoms with van der Waals surface area (Å²) in [7, 11) is 0. The third-order valence-corrected chi connectivity index (χ3v) is 9.59. The molecule has 6 N–H and O–H groups in total. The minimum absolute atomic E-state index is 0. The standard InChI is InChI=1S/4C14H10O3.2Cu.2H2O/c4*15-13(10-5-2-1-3-6-10)11-7-4-8-12(9-11)14(16)17;;;;/h4*1-9H,(H,16,17);;;2*1H2/q;;;;2*+2;;/p-2. The Balaban J connectivity index is 0.000000471. The van der Waals surface area contributed by atoms with Gasteiger partial charge in [0, 0.05) is 44.5 Å². The van der Waals surface area contributed by atoms with Crippen LogP contribution < -0.4 is 20.4 Å². The fourth-order valence-electron chi connectivity index (χ4n) is 6.17. The van der Waals surface area contributed by atoms with Crippen molar-refractivity contribution in [2.24, 2.45) is 0 Å². The van der Waals surface area contributed by atoms with E-state index in [0.717, 1.165) is 0 Å². The van der Waals surface area contributed by atoms with Crippen molar-refractivity contribution >= 4 is 47.0 Å². The van der Waals surface area contributed by atoms with Gasteiger partial charge in [0.05, 0.1) is 23.9 Å². The largest absolute Gasteiger partial charge is 2.00 e. The van der Waals surface area contributed by atoms with Crippen molar-refractivity contribution in [3.05, 3.63) is 285 Å². The van der Waals surface area contributed by atoms with Gasteiger partial charge in [0.15, 0.2) is 23.1 Å². The number of hydrogen-bond donors (Lipinski definition) is 0. The first kappa shape index (κ1) is 61.3. The topological polar surface area (TPSA) is 295 Å². The number of rotatable bonds is 12. The number of carbonyl (C=O) groups excluding carboxylic acids is 8. The summed E-state index contributed by atoms with van der Waals surface area (Å²) in [5, 5.41) is 42.8. The van der Waals surface area contributed by atoms with Crippen LogP contribution in [0.1, 0.15) is 105 Å². The average Bonchev–Trinajstić information content (AvgIpc) is 3.39. The Kier molecular flexibility index (Phi) is 26.1. The molecule has 2 radical (unpaired) electrons. The zero-order valence-corrected chi connectivity index (χ0v) is 39.3. The smallest absolute Gasteiger partial charge is 0.545 e. The van der Waals surface area contributed by atoms with Gasteiger partial charge in [0.2, 0.25) is 0 Å². The van der Waals surface area contributed by atoms with Crippen molar-refractivity contribution in [1.29, 1.82) is 0 Å². The molecule has 8 aromatic carbocycles. The van der Waals surface area contributed by atoms with Gasteiger partial charge >= 0.3 is 34.1 Å². The van der Waals surface area contributed by atoms with Gasteiger partial charge < -0.3 is 50.6 Å². The molecule has 8 rings (SSSR count). The van der Waals surface area contributed by atoms with E-state index < -0.39 is 23.9 Å². The summed E-state index contributed by atoms with van der Waals surface area (Å²) in [4.78, 5) is 90.8. The fraction of sp³-hybridized carbons (Fsp3) is 0. The van der Waals surface area contributed by atoms with E-state index in [1.165, 1.54) is 72.8 Å². The van der Waals surface area contributed by atoms with Crippen LogP contribution in [0.25, 0.3) is 0 Å². The molecule has 0 fully saturated rings. The summed E-state index contributed by atoms with van der Waals surface area (Å²) in [5.41, 5.74) is 3.53. The van der Waals surface area contributed by atoms with E-state index in [-0.39, 0.29) is 90.5 Å². The molecule has 0 amide bonds. The number of carboxylic acids is 4. The number of benzene rings is 8. The Hall–Kier alpha value is -8.72. The van der Waals surface area contributed by atoms with E-state index in [2.05, 4.69) is 0 Å². The fourth-order valence-corrected chi connectivity index (χ4v) is 6.17. The molecule has 16 heteroatoms. The Morgan fingerprint density at radius 2 is 0.347 bits per heavy atom. The molecular weight excluding hydrogens is 1020 g/mol. The van der Waals surface area contributed by atoms with E-state index in [9.17, 15) is 58.8 Å². The van der Waals surface area contributed by atoms with Gasteiger partial charge in [-0.3, -0.25) is 19.2 Å². The zero-order valence-electron chi connectivity index (χ0n) is 37.4. The molecule has 72 heavy (non-hydrogen) atoms. The predicted molar refractivity (Wildman–Crippen MR) is 252 cm³/mol. The summed E-state index contributed by atoms with van der Waals surface area (Å²) in [6, 6.07) is 58.2. The van der Waals surface area contributed by atoms with Crippen LogP contribution in [0.15, 0.2) is 218 Å². The first-order valence-corrected chi connectivity index (χ1v) is 20.4. The molecule has 8 aromatic rings. The molecule has 0 bridgehead atoms. The maximum atomic E-state index is 12.0. The van der Waals surface area contributed by atoms with Crippen molar-refractivity contribution in [3.63, 3.8) is 0 Å². The minimum Gasteiger partial charge on any atom is -0.545 e. The van der Waals surface area contributed by atoms with Gasteiger partial charge in [-0.2, -0.15) is 0 Å². The summed E-state index contributed by atoms with van der Waals surface area (Å²) >= 11 is 0. The maximum Gasteiger partial charge on any atom is 2.00 e. The van der Waals surface area contributed by atoms with Crippen LogP contribution in [0, 0.1) is 0 Å². The summed E-state index contributed by atoms with van der Waals surface area (Å²) in [5.74, 6) is -5.94. The van der Waals surface area contributed by atoms with Gasteiger partial charge in [0.25, 0.3) is 0 Å². The quantitative estimate of drug-likeness (QED) is 0.0968. The van der Waals surface area contributed by atoms with Crippen molar-refractivity contribution in [2.75, 3.05) is 0 Å². The molecule has 370 valence electrons. The molecule has 14 nitrogen and oxygen atoms in total. The number of ketones is 4. The maximum absolute atomic E-state index is 12.0. The van der Waals surface area contributed by atoms with Crippen LogP contribution in [0.3, 0.4) is 0 Å². The SMILES string of the molecule is O=C([O-])c1cccc(C(=O)c2ccccc2)c1.O=C([O-])c1cccc(C(=O)c2ccccc2)c1.O=C([O-])c1cccc(C(=O)c2ccccc2)c1.O=C([O-])c1cccc(C(=O)c2ccccc2)c1.[Cu+2].[Cu+2].[OH3+].[OH3+]. The minimum atomic E-state index is -1.28. The van der Waals surface area contributed by atoms with Gasteiger partial charge in [-0.25, -0.2) is 0 Å². The monoisotopic (exact) mass is 1060 g/mol. The normalized spacial score (nSPS) is 9.33. The van der Waals surface area contributed by atoms with Crippen LogP contribution in [-0.2, 0) is 45.1 Å². The van der Waals surface area contributed by atoms with Crippen LogP contribution in [0.4, 0.5) is 0 Å². The molecular formula is C56H42Cu2O14+2. The third-order valence-electron chi connectivity index (χ3n) is 9.59. The van der Waals surface area contributed by atoms with Gasteiger partial charge in [-0.1, -0.05) is 194 Å². The van der Waals surface area contributed by atoms with Crippen LogP contribution in [0.2, 0.25) is 0 Å². The number of aromatic carboxylic acids is 4. The molecule has 0 spiro atoms. The summed E-state index contributed by atoms with van der Waals surface area (Å²) in [6.45, 7) is 0. The van der Waals surface area contributed by atoms with E-state index in [4.69, 9.17) is 0 Å². The van der Waals surface area contributed by atoms with E-state index in [0.29, 0.717) is 44.5 Å². The zero-order chi connectivity index (χ0) is 49.0. The Labute approximate surface area is 433 Å². The summed E-state index contributed by atoms with van der Waals surface area (Å²) in [6.07, 6.45) is 0. The second-order valence-corrected chi connectivity index (χ2v) is 14.3.